The smallest absolute Gasteiger partial charge is 0.421 e. The van der Waals surface area contributed by atoms with Gasteiger partial charge in [0.25, 0.3) is 0 Å². The van der Waals surface area contributed by atoms with Gasteiger partial charge in [0.05, 0.1) is 26.7 Å². The van der Waals surface area contributed by atoms with E-state index in [4.69, 9.17) is 0 Å². The van der Waals surface area contributed by atoms with E-state index in [9.17, 15) is 56.3 Å². The Morgan fingerprint density at radius 3 is 1.52 bits per heavy atom. The van der Waals surface area contributed by atoms with Crippen LogP contribution in [0.1, 0.15) is 12.8 Å². The molecule has 18 heteroatoms. The number of rotatable bonds is 6. The maximum atomic E-state index is 11.7. The van der Waals surface area contributed by atoms with Gasteiger partial charge < -0.3 is 13.3 Å². The molecule has 7 nitrogen and oxygen atoms in total. The van der Waals surface area contributed by atoms with Gasteiger partial charge in [0.2, 0.25) is 0 Å². The van der Waals surface area contributed by atoms with Crippen molar-refractivity contribution < 1.29 is 65.6 Å². The monoisotopic (exact) mass is 492 g/mol. The summed E-state index contributed by atoms with van der Waals surface area (Å²) in [6, 6.07) is 0. The van der Waals surface area contributed by atoms with Crippen LogP contribution in [-0.4, -0.2) is 78.4 Å². The van der Waals surface area contributed by atoms with Crippen molar-refractivity contribution in [1.82, 2.24) is 0 Å². The van der Waals surface area contributed by atoms with Gasteiger partial charge in [-0.05, 0) is 0 Å². The van der Waals surface area contributed by atoms with Crippen molar-refractivity contribution in [3.8, 4) is 0 Å². The van der Waals surface area contributed by atoms with E-state index in [1.54, 1.807) is 0 Å². The number of hydrogen-bond acceptors (Lipinski definition) is 5. The van der Waals surface area contributed by atoms with Gasteiger partial charge in [-0.1, -0.05) is 0 Å². The molecule has 0 aromatic carbocycles. The van der Waals surface area contributed by atoms with Crippen LogP contribution in [-0.2, 0) is 24.8 Å². The molecule has 0 bridgehead atoms. The van der Waals surface area contributed by atoms with Gasteiger partial charge in [0, 0.05) is 12.8 Å². The highest BCUT2D eigenvalue weighted by Gasteiger charge is 2.46. The lowest BCUT2D eigenvalue weighted by Gasteiger charge is -2.28. The molecule has 0 aromatic heterocycles. The molecule has 0 N–H and O–H groups in total. The Bertz CT molecular complexity index is 681. The van der Waals surface area contributed by atoms with E-state index in [1.165, 1.54) is 12.8 Å². The second-order valence-electron chi connectivity index (χ2n) is 6.08. The summed E-state index contributed by atoms with van der Waals surface area (Å²) < 4.78 is 150. The summed E-state index contributed by atoms with van der Waals surface area (Å²) in [4.78, 5) is 0. The molecule has 0 amide bonds. The molecular formula is C11H17F9N2O5S2. The number of ether oxygens (including phenoxy) is 1. The van der Waals surface area contributed by atoms with E-state index < -0.39 is 43.8 Å². The number of sulfonamides is 2. The number of quaternary nitrogens is 1. The van der Waals surface area contributed by atoms with Crippen molar-refractivity contribution in [3.05, 3.63) is 4.13 Å². The molecule has 0 aliphatic carbocycles. The molecule has 0 aromatic rings. The molecule has 1 saturated heterocycles. The molecule has 0 spiro atoms. The second kappa shape index (κ2) is 9.52. The average Bonchev–Trinajstić information content (AvgIpc) is 2.87. The highest BCUT2D eigenvalue weighted by Crippen LogP contribution is 2.36. The van der Waals surface area contributed by atoms with Gasteiger partial charge in [-0.3, -0.25) is 0 Å². The number of halogens is 9. The lowest BCUT2D eigenvalue weighted by atomic mass is 10.4. The van der Waals surface area contributed by atoms with Gasteiger partial charge in [0.1, 0.15) is 13.2 Å². The lowest BCUT2D eigenvalue weighted by Crippen LogP contribution is -2.43. The van der Waals surface area contributed by atoms with Crippen molar-refractivity contribution in [1.29, 1.82) is 0 Å². The summed E-state index contributed by atoms with van der Waals surface area (Å²) in [5.41, 5.74) is -12.4. The SMILES string of the molecule is C[N+]1(CCOCC(F)(F)F)CCCC1.O=S(=O)([N-]S(=O)(=O)C(F)(F)F)C(F)(F)F. The molecule has 1 fully saturated rings. The maximum absolute atomic E-state index is 11.7. The van der Waals surface area contributed by atoms with E-state index in [2.05, 4.69) is 11.8 Å². The Balaban J connectivity index is 0.000000541. The minimum absolute atomic E-state index is 0.204. The van der Waals surface area contributed by atoms with E-state index in [1.807, 2.05) is 0 Å². The first-order valence-corrected chi connectivity index (χ1v) is 10.3. The Labute approximate surface area is 160 Å². The Kier molecular flexibility index (Phi) is 9.25. The molecule has 1 heterocycles. The Morgan fingerprint density at radius 1 is 0.828 bits per heavy atom. The van der Waals surface area contributed by atoms with Crippen LogP contribution in [0.5, 0.6) is 0 Å². The largest absolute Gasteiger partial charge is 0.480 e. The predicted octanol–water partition coefficient (Wildman–Crippen LogP) is 2.87. The third-order valence-corrected chi connectivity index (χ3v) is 6.21. The van der Waals surface area contributed by atoms with Crippen molar-refractivity contribution in [2.75, 3.05) is 39.9 Å². The minimum Gasteiger partial charge on any atom is -0.421 e. The minimum atomic E-state index is -6.72. The van der Waals surface area contributed by atoms with E-state index >= 15 is 0 Å². The van der Waals surface area contributed by atoms with Crippen LogP contribution >= 0.6 is 0 Å². The summed E-state index contributed by atoms with van der Waals surface area (Å²) in [5, 5.41) is 0. The van der Waals surface area contributed by atoms with Gasteiger partial charge >= 0.3 is 17.2 Å². The molecule has 176 valence electrons. The first kappa shape index (κ1) is 28.1. The summed E-state index contributed by atoms with van der Waals surface area (Å²) in [5.74, 6) is 0. The van der Waals surface area contributed by atoms with Crippen molar-refractivity contribution in [2.45, 2.75) is 30.0 Å². The van der Waals surface area contributed by atoms with Crippen LogP contribution < -0.4 is 0 Å². The van der Waals surface area contributed by atoms with Crippen molar-refractivity contribution in [2.24, 2.45) is 0 Å². The fraction of sp³-hybridized carbons (Fsp3) is 1.00. The standard InChI is InChI=1S/C9H17F3NO.C2F6NO4S2/c1-13(4-2-3-5-13)6-7-14-8-9(10,11)12;3-1(4,5)14(10,11)9-15(12,13)2(6,7)8/h2-8H2,1H3;/q+1;-1. The molecule has 29 heavy (non-hydrogen) atoms. The van der Waals surface area contributed by atoms with Crippen LogP contribution in [0.2, 0.25) is 0 Å². The summed E-state index contributed by atoms with van der Waals surface area (Å²) in [7, 11) is -11.4. The van der Waals surface area contributed by atoms with Crippen LogP contribution in [0.15, 0.2) is 0 Å². The number of nitrogens with zero attached hydrogens (tertiary/aromatic N) is 2. The molecule has 0 unspecified atom stereocenters. The molecule has 1 rings (SSSR count). The van der Waals surface area contributed by atoms with Gasteiger partial charge in [-0.25, -0.2) is 16.8 Å². The predicted molar refractivity (Wildman–Crippen MR) is 80.2 cm³/mol. The Hall–Kier alpha value is -0.850. The molecule has 0 saturated carbocycles. The van der Waals surface area contributed by atoms with Crippen LogP contribution in [0, 0.1) is 0 Å². The van der Waals surface area contributed by atoms with Crippen LogP contribution in [0.25, 0.3) is 4.13 Å². The fourth-order valence-electron chi connectivity index (χ4n) is 2.01. The lowest BCUT2D eigenvalue weighted by molar-refractivity contribution is -0.898. The highest BCUT2D eigenvalue weighted by molar-refractivity contribution is 8.13. The molecule has 0 radical (unpaired) electrons. The number of likely N-dealkylation sites (tertiary alicyclic amines) is 1. The number of hydrogen-bond donors (Lipinski definition) is 0. The highest BCUT2D eigenvalue weighted by atomic mass is 32.3. The summed E-state index contributed by atoms with van der Waals surface area (Å²) >= 11 is 0. The van der Waals surface area contributed by atoms with Crippen LogP contribution in [0.3, 0.4) is 0 Å². The molecular weight excluding hydrogens is 475 g/mol. The van der Waals surface area contributed by atoms with Gasteiger partial charge in [-0.15, -0.1) is 0 Å². The summed E-state index contributed by atoms with van der Waals surface area (Å²) in [6.45, 7) is 1.91. The average molecular weight is 492 g/mol. The van der Waals surface area contributed by atoms with Crippen molar-refractivity contribution in [3.63, 3.8) is 0 Å². The van der Waals surface area contributed by atoms with Crippen molar-refractivity contribution >= 4 is 20.0 Å². The first-order valence-electron chi connectivity index (χ1n) is 7.47. The molecule has 1 aliphatic rings. The Morgan fingerprint density at radius 2 is 1.21 bits per heavy atom. The fourth-order valence-corrected chi connectivity index (χ4v) is 3.72. The van der Waals surface area contributed by atoms with E-state index in [0.29, 0.717) is 6.54 Å². The van der Waals surface area contributed by atoms with Gasteiger partial charge in [0.15, 0.2) is 20.0 Å². The molecule has 0 atom stereocenters. The zero-order valence-electron chi connectivity index (χ0n) is 14.6. The zero-order valence-corrected chi connectivity index (χ0v) is 16.2. The molecule has 1 aliphatic heterocycles. The third-order valence-electron chi connectivity index (χ3n) is 3.47. The topological polar surface area (TPSA) is 91.6 Å². The number of alkyl halides is 9. The third kappa shape index (κ3) is 10.1. The normalized spacial score (nSPS) is 18.3. The zero-order chi connectivity index (χ0) is 23.4. The second-order valence-corrected chi connectivity index (χ2v) is 9.50. The van der Waals surface area contributed by atoms with Crippen LogP contribution in [0.4, 0.5) is 39.5 Å². The van der Waals surface area contributed by atoms with E-state index in [-0.39, 0.29) is 6.61 Å². The van der Waals surface area contributed by atoms with Gasteiger partial charge in [-0.2, -0.15) is 39.5 Å². The van der Waals surface area contributed by atoms with E-state index in [0.717, 1.165) is 21.7 Å². The number of likely N-dealkylation sites (N-methyl/N-ethyl adjacent to an activating group) is 1. The maximum Gasteiger partial charge on any atom is 0.480 e. The summed E-state index contributed by atoms with van der Waals surface area (Å²) in [6.07, 6.45) is -1.84. The first-order chi connectivity index (χ1) is 12.6. The quantitative estimate of drug-likeness (QED) is 0.323.